The van der Waals surface area contributed by atoms with Crippen molar-refractivity contribution in [2.45, 2.75) is 29.2 Å². The molecule has 0 N–H and O–H groups in total. The summed E-state index contributed by atoms with van der Waals surface area (Å²) in [7, 11) is -1.89. The van der Waals surface area contributed by atoms with Crippen molar-refractivity contribution in [3.05, 3.63) is 22.7 Å². The smallest absolute Gasteiger partial charge is 0.243 e. The monoisotopic (exact) mass is 379 g/mol. The van der Waals surface area contributed by atoms with E-state index in [1.807, 2.05) is 11.8 Å². The second-order valence-electron chi connectivity index (χ2n) is 4.88. The molecule has 4 nitrogen and oxygen atoms in total. The lowest BCUT2D eigenvalue weighted by Gasteiger charge is -2.33. The van der Waals surface area contributed by atoms with Gasteiger partial charge in [0.25, 0.3) is 0 Å². The number of benzene rings is 1. The molecule has 2 unspecified atom stereocenters. The average Bonchev–Trinajstić information content (AvgIpc) is 2.37. The molecule has 1 aliphatic rings. The minimum Gasteiger partial charge on any atom is -0.496 e. The normalized spacial score (nSPS) is 24.6. The van der Waals surface area contributed by atoms with E-state index in [9.17, 15) is 8.42 Å². The van der Waals surface area contributed by atoms with Gasteiger partial charge in [0.05, 0.1) is 16.5 Å². The zero-order chi connectivity index (χ0) is 14.9. The molecule has 1 aliphatic heterocycles. The molecule has 0 aromatic heterocycles. The van der Waals surface area contributed by atoms with Crippen LogP contribution in [0.25, 0.3) is 0 Å². The molecule has 20 heavy (non-hydrogen) atoms. The summed E-state index contributed by atoms with van der Waals surface area (Å²) in [5.74, 6) is 0.625. The Hall–Kier alpha value is -0.240. The van der Waals surface area contributed by atoms with Gasteiger partial charge in [-0.1, -0.05) is 13.8 Å². The SMILES string of the molecule is COc1ccc(S(=O)(=O)N2CC(C)SC(C)C2)cc1Br. The molecule has 7 heteroatoms. The maximum Gasteiger partial charge on any atom is 0.243 e. The van der Waals surface area contributed by atoms with Gasteiger partial charge in [0.1, 0.15) is 5.75 Å². The Labute approximate surface area is 133 Å². The summed E-state index contributed by atoms with van der Waals surface area (Å²) in [6.07, 6.45) is 0. The maximum atomic E-state index is 12.7. The van der Waals surface area contributed by atoms with Gasteiger partial charge < -0.3 is 4.74 Å². The number of ether oxygens (including phenoxy) is 1. The molecule has 0 radical (unpaired) electrons. The highest BCUT2D eigenvalue weighted by atomic mass is 79.9. The molecule has 0 spiro atoms. The van der Waals surface area contributed by atoms with E-state index >= 15 is 0 Å². The van der Waals surface area contributed by atoms with Crippen LogP contribution in [-0.2, 0) is 10.0 Å². The van der Waals surface area contributed by atoms with Crippen LogP contribution in [-0.4, -0.2) is 43.4 Å². The van der Waals surface area contributed by atoms with E-state index in [1.165, 1.54) is 0 Å². The standard InChI is InChI=1S/C13H18BrNO3S2/c1-9-7-15(8-10(2)19-9)20(16,17)11-4-5-13(18-3)12(14)6-11/h4-6,9-10H,7-8H2,1-3H3. The third-order valence-corrected chi connectivity index (χ3v) is 6.82. The second-order valence-corrected chi connectivity index (χ2v) is 9.55. The Morgan fingerprint density at radius 3 is 2.40 bits per heavy atom. The predicted octanol–water partition coefficient (Wildman–Crippen LogP) is 2.97. The fraction of sp³-hybridized carbons (Fsp3) is 0.538. The number of methoxy groups -OCH3 is 1. The number of halogens is 1. The molecule has 2 rings (SSSR count). The van der Waals surface area contributed by atoms with Crippen LogP contribution in [0.2, 0.25) is 0 Å². The van der Waals surface area contributed by atoms with Crippen molar-refractivity contribution >= 4 is 37.7 Å². The minimum atomic E-state index is -3.44. The van der Waals surface area contributed by atoms with E-state index in [-0.39, 0.29) is 0 Å². The highest BCUT2D eigenvalue weighted by Gasteiger charge is 2.32. The number of thioether (sulfide) groups is 1. The molecule has 1 aromatic carbocycles. The lowest BCUT2D eigenvalue weighted by Crippen LogP contribution is -2.43. The van der Waals surface area contributed by atoms with Crippen LogP contribution in [0.5, 0.6) is 5.75 Å². The third kappa shape index (κ3) is 3.32. The molecule has 1 saturated heterocycles. The Morgan fingerprint density at radius 1 is 1.30 bits per heavy atom. The summed E-state index contributed by atoms with van der Waals surface area (Å²) in [5, 5.41) is 0.630. The maximum absolute atomic E-state index is 12.7. The molecule has 1 fully saturated rings. The van der Waals surface area contributed by atoms with Crippen LogP contribution in [0.15, 0.2) is 27.6 Å². The topological polar surface area (TPSA) is 46.6 Å². The van der Waals surface area contributed by atoms with Crippen LogP contribution < -0.4 is 4.74 Å². The van der Waals surface area contributed by atoms with Crippen molar-refractivity contribution < 1.29 is 13.2 Å². The van der Waals surface area contributed by atoms with Crippen LogP contribution in [0, 0.1) is 0 Å². The highest BCUT2D eigenvalue weighted by molar-refractivity contribution is 9.10. The summed E-state index contributed by atoms with van der Waals surface area (Å²) in [4.78, 5) is 0.302. The van der Waals surface area contributed by atoms with Crippen LogP contribution >= 0.6 is 27.7 Å². The van der Waals surface area contributed by atoms with Gasteiger partial charge in [-0.2, -0.15) is 16.1 Å². The summed E-state index contributed by atoms with van der Waals surface area (Å²) in [6, 6.07) is 4.86. The molecular weight excluding hydrogens is 362 g/mol. The Balaban J connectivity index is 2.32. The molecule has 1 heterocycles. The first kappa shape index (κ1) is 16.1. The first-order valence-corrected chi connectivity index (χ1v) is 9.51. The number of rotatable bonds is 3. The molecule has 1 aromatic rings. The minimum absolute atomic E-state index is 0.302. The van der Waals surface area contributed by atoms with Gasteiger partial charge in [-0.25, -0.2) is 8.42 Å². The van der Waals surface area contributed by atoms with Crippen molar-refractivity contribution in [1.29, 1.82) is 0 Å². The third-order valence-electron chi connectivity index (χ3n) is 3.15. The summed E-state index contributed by atoms with van der Waals surface area (Å²) < 4.78 is 32.7. The van der Waals surface area contributed by atoms with E-state index in [0.29, 0.717) is 38.7 Å². The quantitative estimate of drug-likeness (QED) is 0.809. The van der Waals surface area contributed by atoms with Crippen molar-refractivity contribution in [3.8, 4) is 5.75 Å². The lowest BCUT2D eigenvalue weighted by molar-refractivity contribution is 0.403. The van der Waals surface area contributed by atoms with Gasteiger partial charge in [0.2, 0.25) is 10.0 Å². The molecule has 2 atom stereocenters. The van der Waals surface area contributed by atoms with Crippen molar-refractivity contribution in [2.24, 2.45) is 0 Å². The molecule has 0 saturated carbocycles. The van der Waals surface area contributed by atoms with Gasteiger partial charge in [-0.15, -0.1) is 0 Å². The zero-order valence-electron chi connectivity index (χ0n) is 11.7. The van der Waals surface area contributed by atoms with Crippen molar-refractivity contribution in [1.82, 2.24) is 4.31 Å². The number of sulfonamides is 1. The lowest BCUT2D eigenvalue weighted by atomic mass is 10.3. The fourth-order valence-corrected chi connectivity index (χ4v) is 6.13. The molecular formula is C13H18BrNO3S2. The summed E-state index contributed by atoms with van der Waals surface area (Å²) >= 11 is 5.17. The fourth-order valence-electron chi connectivity index (χ4n) is 2.28. The zero-order valence-corrected chi connectivity index (χ0v) is 14.9. The summed E-state index contributed by atoms with van der Waals surface area (Å²) in [6.45, 7) is 5.24. The van der Waals surface area contributed by atoms with E-state index in [1.54, 1.807) is 29.6 Å². The van der Waals surface area contributed by atoms with E-state index < -0.39 is 10.0 Å². The average molecular weight is 380 g/mol. The van der Waals surface area contributed by atoms with Crippen LogP contribution in [0.3, 0.4) is 0 Å². The molecule has 112 valence electrons. The first-order chi connectivity index (χ1) is 9.34. The van der Waals surface area contributed by atoms with Gasteiger partial charge in [-0.3, -0.25) is 0 Å². The van der Waals surface area contributed by atoms with Gasteiger partial charge in [-0.05, 0) is 34.1 Å². The molecule has 0 aliphatic carbocycles. The number of hydrogen-bond acceptors (Lipinski definition) is 4. The van der Waals surface area contributed by atoms with Crippen molar-refractivity contribution in [2.75, 3.05) is 20.2 Å². The van der Waals surface area contributed by atoms with Crippen LogP contribution in [0.4, 0.5) is 0 Å². The van der Waals surface area contributed by atoms with E-state index in [4.69, 9.17) is 4.74 Å². The molecule has 0 bridgehead atoms. The Morgan fingerprint density at radius 2 is 1.90 bits per heavy atom. The van der Waals surface area contributed by atoms with Gasteiger partial charge in [0, 0.05) is 23.6 Å². The van der Waals surface area contributed by atoms with Crippen LogP contribution in [0.1, 0.15) is 13.8 Å². The van der Waals surface area contributed by atoms with E-state index in [2.05, 4.69) is 29.8 Å². The second kappa shape index (κ2) is 6.25. The Kier molecular flexibility index (Phi) is 5.05. The highest BCUT2D eigenvalue weighted by Crippen LogP contribution is 2.32. The first-order valence-electron chi connectivity index (χ1n) is 6.33. The predicted molar refractivity (Wildman–Crippen MR) is 86.0 cm³/mol. The van der Waals surface area contributed by atoms with Gasteiger partial charge in [0.15, 0.2) is 0 Å². The number of nitrogens with zero attached hydrogens (tertiary/aromatic N) is 1. The van der Waals surface area contributed by atoms with E-state index in [0.717, 1.165) is 0 Å². The van der Waals surface area contributed by atoms with Gasteiger partial charge >= 0.3 is 0 Å². The Bertz CT molecular complexity index is 581. The summed E-state index contributed by atoms with van der Waals surface area (Å²) in [5.41, 5.74) is 0. The number of hydrogen-bond donors (Lipinski definition) is 0. The van der Waals surface area contributed by atoms with Crippen molar-refractivity contribution in [3.63, 3.8) is 0 Å². The molecule has 0 amide bonds. The largest absolute Gasteiger partial charge is 0.496 e.